The van der Waals surface area contributed by atoms with Gasteiger partial charge in [0, 0.05) is 12.1 Å². The molecule has 0 radical (unpaired) electrons. The molecule has 0 fully saturated rings. The second-order valence-electron chi connectivity index (χ2n) is 6.56. The van der Waals surface area contributed by atoms with Crippen molar-refractivity contribution in [3.8, 4) is 22.5 Å². The lowest BCUT2D eigenvalue weighted by Crippen LogP contribution is -2.16. The van der Waals surface area contributed by atoms with Crippen molar-refractivity contribution >= 4 is 22.6 Å². The number of carbonyl (C=O) groups excluding carboxylic acids is 1. The van der Waals surface area contributed by atoms with Gasteiger partial charge in [-0.3, -0.25) is 0 Å². The molecular formula is C21H21N7O2S. The molecule has 0 saturated carbocycles. The topological polar surface area (TPSA) is 108 Å². The zero-order valence-electron chi connectivity index (χ0n) is 17.1. The summed E-state index contributed by atoms with van der Waals surface area (Å²) in [7, 11) is 0. The summed E-state index contributed by atoms with van der Waals surface area (Å²) in [4.78, 5) is 12.2. The summed E-state index contributed by atoms with van der Waals surface area (Å²) in [6, 6.07) is 15.8. The van der Waals surface area contributed by atoms with Gasteiger partial charge in [-0.05, 0) is 40.5 Å². The van der Waals surface area contributed by atoms with Gasteiger partial charge in [0.25, 0.3) is 0 Å². The maximum Gasteiger partial charge on any atom is 0.438 e. The van der Waals surface area contributed by atoms with Crippen molar-refractivity contribution in [3.05, 3.63) is 59.1 Å². The van der Waals surface area contributed by atoms with Crippen molar-refractivity contribution < 1.29 is 9.53 Å². The molecular weight excluding hydrogens is 414 g/mol. The zero-order valence-corrected chi connectivity index (χ0v) is 18.0. The number of anilines is 1. The van der Waals surface area contributed by atoms with Crippen molar-refractivity contribution in [3.63, 3.8) is 0 Å². The molecule has 0 aliphatic heterocycles. The fourth-order valence-corrected chi connectivity index (χ4v) is 3.72. The van der Waals surface area contributed by atoms with Crippen LogP contribution in [0, 0.1) is 0 Å². The third kappa shape index (κ3) is 4.58. The van der Waals surface area contributed by atoms with Gasteiger partial charge in [-0.1, -0.05) is 66.8 Å². The largest absolute Gasteiger partial charge is 0.448 e. The molecule has 0 amide bonds. The summed E-state index contributed by atoms with van der Waals surface area (Å²) < 4.78 is 6.12. The Bertz CT molecular complexity index is 1170. The Labute approximate surface area is 183 Å². The van der Waals surface area contributed by atoms with Crippen LogP contribution in [0.5, 0.6) is 0 Å². The fourth-order valence-electron chi connectivity index (χ4n) is 3.04. The summed E-state index contributed by atoms with van der Waals surface area (Å²) in [6.45, 7) is 4.69. The Morgan fingerprint density at radius 3 is 2.52 bits per heavy atom. The van der Waals surface area contributed by atoms with Crippen LogP contribution >= 0.6 is 11.3 Å². The van der Waals surface area contributed by atoms with E-state index < -0.39 is 6.09 Å². The van der Waals surface area contributed by atoms with Gasteiger partial charge < -0.3 is 10.1 Å². The minimum Gasteiger partial charge on any atom is -0.448 e. The number of nitrogens with zero attached hydrogens (tertiary/aromatic N) is 6. The van der Waals surface area contributed by atoms with Crippen LogP contribution in [0.3, 0.4) is 0 Å². The van der Waals surface area contributed by atoms with E-state index in [1.807, 2.05) is 36.4 Å². The van der Waals surface area contributed by atoms with E-state index in [0.29, 0.717) is 12.4 Å². The Kier molecular flexibility index (Phi) is 6.27. The van der Waals surface area contributed by atoms with Crippen LogP contribution in [0.4, 0.5) is 9.93 Å². The van der Waals surface area contributed by atoms with Gasteiger partial charge in [0.2, 0.25) is 5.13 Å². The van der Waals surface area contributed by atoms with Gasteiger partial charge in [0.05, 0.1) is 6.61 Å². The lowest BCUT2D eigenvalue weighted by molar-refractivity contribution is 0.150. The number of tetrazole rings is 1. The fraction of sp³-hybridized carbons (Fsp3) is 0.238. The molecule has 0 unspecified atom stereocenters. The zero-order chi connectivity index (χ0) is 21.6. The number of hydrogen-bond acceptors (Lipinski definition) is 9. The van der Waals surface area contributed by atoms with E-state index in [2.05, 4.69) is 50.1 Å². The van der Waals surface area contributed by atoms with E-state index in [0.717, 1.165) is 43.5 Å². The number of aryl methyl sites for hydroxylation is 1. The average Bonchev–Trinajstić information content (AvgIpc) is 3.48. The highest BCUT2D eigenvalue weighted by Crippen LogP contribution is 2.31. The first-order valence-electron chi connectivity index (χ1n) is 9.90. The Morgan fingerprint density at radius 2 is 1.81 bits per heavy atom. The number of aromatic nitrogens is 6. The molecule has 1 N–H and O–H groups in total. The van der Waals surface area contributed by atoms with Gasteiger partial charge in [0.15, 0.2) is 5.82 Å². The number of ether oxygens (including phenoxy) is 1. The number of carbonyl (C=O) groups is 1. The Morgan fingerprint density at radius 1 is 1.03 bits per heavy atom. The third-order valence-electron chi connectivity index (χ3n) is 4.56. The van der Waals surface area contributed by atoms with Gasteiger partial charge >= 0.3 is 6.09 Å². The quantitative estimate of drug-likeness (QED) is 0.433. The highest BCUT2D eigenvalue weighted by molar-refractivity contribution is 7.15. The minimum atomic E-state index is -0.610. The van der Waals surface area contributed by atoms with E-state index in [1.54, 1.807) is 18.3 Å². The lowest BCUT2D eigenvalue weighted by atomic mass is 9.98. The van der Waals surface area contributed by atoms with Crippen molar-refractivity contribution in [2.75, 3.05) is 11.9 Å². The number of nitrogens with one attached hydrogen (secondary N) is 1. The molecule has 10 heteroatoms. The van der Waals surface area contributed by atoms with Gasteiger partial charge in [0.1, 0.15) is 5.01 Å². The number of rotatable bonds is 7. The van der Waals surface area contributed by atoms with Crippen LogP contribution in [0.1, 0.15) is 24.4 Å². The molecule has 0 saturated heterocycles. The molecule has 4 aromatic rings. The van der Waals surface area contributed by atoms with E-state index in [4.69, 9.17) is 4.74 Å². The van der Waals surface area contributed by atoms with Crippen molar-refractivity contribution in [2.24, 2.45) is 0 Å². The van der Waals surface area contributed by atoms with Crippen molar-refractivity contribution in [2.45, 2.75) is 26.8 Å². The molecule has 0 spiro atoms. The monoisotopic (exact) mass is 435 g/mol. The second-order valence-corrected chi connectivity index (χ2v) is 7.63. The Hall–Kier alpha value is -3.66. The third-order valence-corrected chi connectivity index (χ3v) is 5.58. The second kappa shape index (κ2) is 9.43. The highest BCUT2D eigenvalue weighted by atomic mass is 32.1. The summed E-state index contributed by atoms with van der Waals surface area (Å²) in [6.07, 6.45) is 0.272. The molecule has 31 heavy (non-hydrogen) atoms. The minimum absolute atomic E-state index is 0.242. The van der Waals surface area contributed by atoms with E-state index in [9.17, 15) is 4.79 Å². The summed E-state index contributed by atoms with van der Waals surface area (Å²) in [5.74, 6) is 0.336. The molecule has 0 aliphatic carbocycles. The maximum absolute atomic E-state index is 12.2. The molecule has 4 rings (SSSR count). The Balaban J connectivity index is 1.56. The highest BCUT2D eigenvalue weighted by Gasteiger charge is 2.19. The molecule has 2 aromatic heterocycles. The van der Waals surface area contributed by atoms with Gasteiger partial charge in [-0.25, -0.2) is 4.79 Å². The number of hydrogen-bond donors (Lipinski definition) is 1. The van der Waals surface area contributed by atoms with Crippen LogP contribution in [0.15, 0.2) is 48.5 Å². The van der Waals surface area contributed by atoms with Gasteiger partial charge in [-0.15, -0.1) is 20.0 Å². The van der Waals surface area contributed by atoms with Gasteiger partial charge in [-0.2, -0.15) is 0 Å². The first kappa shape index (κ1) is 20.6. The van der Waals surface area contributed by atoms with E-state index in [-0.39, 0.29) is 6.61 Å². The predicted octanol–water partition coefficient (Wildman–Crippen LogP) is 4.04. The van der Waals surface area contributed by atoms with E-state index >= 15 is 0 Å². The van der Waals surface area contributed by atoms with Crippen LogP contribution in [0.2, 0.25) is 0 Å². The smallest absolute Gasteiger partial charge is 0.438 e. The van der Waals surface area contributed by atoms with Crippen molar-refractivity contribution in [1.82, 2.24) is 30.4 Å². The normalized spacial score (nSPS) is 10.8. The molecule has 0 bridgehead atoms. The van der Waals surface area contributed by atoms with Crippen LogP contribution < -0.4 is 5.32 Å². The molecule has 158 valence electrons. The summed E-state index contributed by atoms with van der Waals surface area (Å²) >= 11 is 1.57. The molecule has 0 aliphatic rings. The average molecular weight is 436 g/mol. The molecule has 2 aromatic carbocycles. The molecule has 2 heterocycles. The molecule has 9 nitrogen and oxygen atoms in total. The maximum atomic E-state index is 12.2. The standard InChI is InChI=1S/C21H21N7O2S/c1-3-18-23-25-20(31-18)22-13-14-9-11-15(12-10-14)16-7-5-6-8-17(16)19-24-26-27-28(19)21(29)30-4-2/h5-12H,3-4,13H2,1-2H3,(H,22,25). The van der Waals surface area contributed by atoms with E-state index in [1.165, 1.54) is 0 Å². The number of benzene rings is 2. The first-order chi connectivity index (χ1) is 15.2. The van der Waals surface area contributed by atoms with Crippen LogP contribution in [-0.4, -0.2) is 43.1 Å². The SMILES string of the molecule is CCOC(=O)n1nnnc1-c1ccccc1-c1ccc(CNc2nnc(CC)s2)cc1. The summed E-state index contributed by atoms with van der Waals surface area (Å²) in [5.41, 5.74) is 3.76. The van der Waals surface area contributed by atoms with Crippen LogP contribution in [-0.2, 0) is 17.7 Å². The predicted molar refractivity (Wildman–Crippen MR) is 118 cm³/mol. The van der Waals surface area contributed by atoms with Crippen molar-refractivity contribution in [1.29, 1.82) is 0 Å². The van der Waals surface area contributed by atoms with Crippen LogP contribution in [0.25, 0.3) is 22.5 Å². The lowest BCUT2D eigenvalue weighted by Gasteiger charge is -2.10. The molecule has 0 atom stereocenters. The first-order valence-corrected chi connectivity index (χ1v) is 10.7. The summed E-state index contributed by atoms with van der Waals surface area (Å²) in [5, 5.41) is 24.9.